The van der Waals surface area contributed by atoms with Crippen molar-refractivity contribution in [2.75, 3.05) is 0 Å². The van der Waals surface area contributed by atoms with Crippen molar-refractivity contribution in [1.29, 1.82) is 0 Å². The van der Waals surface area contributed by atoms with Crippen LogP contribution in [0.1, 0.15) is 18.1 Å². The molecule has 0 atom stereocenters. The summed E-state index contributed by atoms with van der Waals surface area (Å²) in [5.41, 5.74) is 3.38. The molecule has 0 radical (unpaired) electrons. The van der Waals surface area contributed by atoms with Crippen LogP contribution in [0.15, 0.2) is 71.3 Å². The molecule has 4 rings (SSSR count). The highest BCUT2D eigenvalue weighted by Gasteiger charge is 2.28. The molecular weight excluding hydrogens is 346 g/mol. The van der Waals surface area contributed by atoms with Gasteiger partial charge in [-0.15, -0.1) is 0 Å². The first-order valence-electron chi connectivity index (χ1n) is 8.62. The van der Waals surface area contributed by atoms with Crippen LogP contribution in [0.25, 0.3) is 34.2 Å². The molecule has 2 aromatic heterocycles. The molecule has 2 heterocycles. The van der Waals surface area contributed by atoms with Crippen LogP contribution in [0.3, 0.4) is 0 Å². The van der Waals surface area contributed by atoms with Gasteiger partial charge in [0, 0.05) is 23.6 Å². The van der Waals surface area contributed by atoms with Crippen LogP contribution in [0, 0.1) is 6.92 Å². The fourth-order valence-corrected chi connectivity index (χ4v) is 3.15. The lowest BCUT2D eigenvalue weighted by Crippen LogP contribution is -2.08. The number of halogens is 2. The third kappa shape index (κ3) is 3.28. The molecule has 3 nitrogen and oxygen atoms in total. The number of aromatic amines is 1. The zero-order chi connectivity index (χ0) is 19.0. The van der Waals surface area contributed by atoms with Gasteiger partial charge in [-0.1, -0.05) is 48.5 Å². The van der Waals surface area contributed by atoms with E-state index in [0.717, 1.165) is 23.7 Å². The summed E-state index contributed by atoms with van der Waals surface area (Å²) in [5, 5.41) is 0. The SMILES string of the molecule is Cc1ccccc1-c1cnc(-c2ccc(-c3ccccc3C(C)(F)F)o2)[nH]1. The van der Waals surface area contributed by atoms with Gasteiger partial charge < -0.3 is 9.40 Å². The van der Waals surface area contributed by atoms with Crippen LogP contribution in [0.5, 0.6) is 0 Å². The molecule has 1 N–H and O–H groups in total. The molecule has 136 valence electrons. The van der Waals surface area contributed by atoms with Crippen LogP contribution in [-0.4, -0.2) is 9.97 Å². The lowest BCUT2D eigenvalue weighted by molar-refractivity contribution is 0.0180. The third-order valence-corrected chi connectivity index (χ3v) is 4.52. The average molecular weight is 364 g/mol. The Balaban J connectivity index is 1.70. The van der Waals surface area contributed by atoms with E-state index in [1.54, 1.807) is 36.5 Å². The number of hydrogen-bond acceptors (Lipinski definition) is 2. The highest BCUT2D eigenvalue weighted by molar-refractivity contribution is 5.68. The summed E-state index contributed by atoms with van der Waals surface area (Å²) >= 11 is 0. The van der Waals surface area contributed by atoms with Crippen molar-refractivity contribution in [3.63, 3.8) is 0 Å². The Labute approximate surface area is 155 Å². The molecule has 0 bridgehead atoms. The number of H-pyrrole nitrogens is 1. The third-order valence-electron chi connectivity index (χ3n) is 4.52. The van der Waals surface area contributed by atoms with Gasteiger partial charge in [-0.2, -0.15) is 0 Å². The normalized spacial score (nSPS) is 11.7. The molecule has 0 saturated carbocycles. The highest BCUT2D eigenvalue weighted by atomic mass is 19.3. The lowest BCUT2D eigenvalue weighted by Gasteiger charge is -2.14. The summed E-state index contributed by atoms with van der Waals surface area (Å²) in [6, 6.07) is 17.8. The first kappa shape index (κ1) is 17.2. The van der Waals surface area contributed by atoms with Gasteiger partial charge >= 0.3 is 0 Å². The van der Waals surface area contributed by atoms with Crippen LogP contribution in [0.4, 0.5) is 8.78 Å². The zero-order valence-electron chi connectivity index (χ0n) is 15.0. The van der Waals surface area contributed by atoms with Gasteiger partial charge in [-0.25, -0.2) is 13.8 Å². The summed E-state index contributed by atoms with van der Waals surface area (Å²) in [5.74, 6) is -1.51. The highest BCUT2D eigenvalue weighted by Crippen LogP contribution is 2.37. The molecule has 0 aliphatic rings. The van der Waals surface area contributed by atoms with Crippen LogP contribution >= 0.6 is 0 Å². The van der Waals surface area contributed by atoms with Crippen molar-refractivity contribution >= 4 is 0 Å². The monoisotopic (exact) mass is 364 g/mol. The topological polar surface area (TPSA) is 41.8 Å². The number of alkyl halides is 2. The molecule has 2 aromatic carbocycles. The second kappa shape index (κ2) is 6.50. The number of hydrogen-bond donors (Lipinski definition) is 1. The Hall–Kier alpha value is -3.21. The molecule has 0 aliphatic carbocycles. The minimum Gasteiger partial charge on any atom is -0.453 e. The Morgan fingerprint density at radius 2 is 1.56 bits per heavy atom. The van der Waals surface area contributed by atoms with E-state index in [9.17, 15) is 8.78 Å². The van der Waals surface area contributed by atoms with E-state index >= 15 is 0 Å². The number of aryl methyl sites for hydroxylation is 1. The maximum atomic E-state index is 13.9. The molecule has 0 unspecified atom stereocenters. The molecule has 27 heavy (non-hydrogen) atoms. The van der Waals surface area contributed by atoms with E-state index in [1.807, 2.05) is 31.2 Å². The van der Waals surface area contributed by atoms with Crippen molar-refractivity contribution in [1.82, 2.24) is 9.97 Å². The first-order chi connectivity index (χ1) is 12.9. The van der Waals surface area contributed by atoms with Gasteiger partial charge in [0.15, 0.2) is 11.6 Å². The average Bonchev–Trinajstić information content (AvgIpc) is 3.31. The Kier molecular flexibility index (Phi) is 4.15. The van der Waals surface area contributed by atoms with E-state index in [0.29, 0.717) is 22.9 Å². The van der Waals surface area contributed by atoms with Crippen LogP contribution in [-0.2, 0) is 5.92 Å². The smallest absolute Gasteiger partial charge is 0.271 e. The predicted molar refractivity (Wildman–Crippen MR) is 101 cm³/mol. The van der Waals surface area contributed by atoms with Crippen LogP contribution in [0.2, 0.25) is 0 Å². The quantitative estimate of drug-likeness (QED) is 0.454. The van der Waals surface area contributed by atoms with Gasteiger partial charge in [0.2, 0.25) is 0 Å². The van der Waals surface area contributed by atoms with Gasteiger partial charge in [0.25, 0.3) is 5.92 Å². The zero-order valence-corrected chi connectivity index (χ0v) is 15.0. The summed E-state index contributed by atoms with van der Waals surface area (Å²) in [4.78, 5) is 7.63. The number of benzene rings is 2. The molecule has 5 heteroatoms. The minimum atomic E-state index is -2.95. The number of rotatable bonds is 4. The van der Waals surface area contributed by atoms with Crippen molar-refractivity contribution in [2.24, 2.45) is 0 Å². The van der Waals surface area contributed by atoms with E-state index in [4.69, 9.17) is 4.42 Å². The Morgan fingerprint density at radius 1 is 0.889 bits per heavy atom. The summed E-state index contributed by atoms with van der Waals surface area (Å²) in [6.07, 6.45) is 1.74. The van der Waals surface area contributed by atoms with Crippen LogP contribution < -0.4 is 0 Å². The molecule has 4 aromatic rings. The predicted octanol–water partition coefficient (Wildman–Crippen LogP) is 6.42. The second-order valence-corrected chi connectivity index (χ2v) is 6.56. The number of furan rings is 1. The van der Waals surface area contributed by atoms with Gasteiger partial charge in [0.05, 0.1) is 11.9 Å². The van der Waals surface area contributed by atoms with Crippen molar-refractivity contribution in [3.05, 3.63) is 78.0 Å². The molecule has 0 saturated heterocycles. The molecular formula is C22H18F2N2O. The maximum Gasteiger partial charge on any atom is 0.271 e. The van der Waals surface area contributed by atoms with Gasteiger partial charge in [-0.05, 0) is 24.6 Å². The number of aromatic nitrogens is 2. The standard InChI is InChI=1S/C22H18F2N2O/c1-14-7-3-4-8-15(14)18-13-25-21(26-18)20-12-11-19(27-20)16-9-5-6-10-17(16)22(2,23)24/h3-13H,1-2H3,(H,25,26). The van der Waals surface area contributed by atoms with Crippen molar-refractivity contribution in [2.45, 2.75) is 19.8 Å². The van der Waals surface area contributed by atoms with E-state index in [2.05, 4.69) is 9.97 Å². The summed E-state index contributed by atoms with van der Waals surface area (Å²) in [7, 11) is 0. The fourth-order valence-electron chi connectivity index (χ4n) is 3.15. The van der Waals surface area contributed by atoms with E-state index < -0.39 is 5.92 Å². The Bertz CT molecular complexity index is 1090. The Morgan fingerprint density at radius 3 is 2.30 bits per heavy atom. The molecule has 0 aliphatic heterocycles. The second-order valence-electron chi connectivity index (χ2n) is 6.56. The summed E-state index contributed by atoms with van der Waals surface area (Å²) in [6.45, 7) is 2.92. The number of nitrogens with zero attached hydrogens (tertiary/aromatic N) is 1. The fraction of sp³-hybridized carbons (Fsp3) is 0.136. The maximum absolute atomic E-state index is 13.9. The van der Waals surface area contributed by atoms with E-state index in [-0.39, 0.29) is 5.56 Å². The number of nitrogens with one attached hydrogen (secondary N) is 1. The van der Waals surface area contributed by atoms with Crippen molar-refractivity contribution < 1.29 is 13.2 Å². The van der Waals surface area contributed by atoms with Gasteiger partial charge in [-0.3, -0.25) is 0 Å². The summed E-state index contributed by atoms with van der Waals surface area (Å²) < 4.78 is 33.6. The molecule has 0 fully saturated rings. The van der Waals surface area contributed by atoms with Crippen molar-refractivity contribution in [3.8, 4) is 34.2 Å². The molecule has 0 spiro atoms. The first-order valence-corrected chi connectivity index (χ1v) is 8.62. The number of imidazole rings is 1. The van der Waals surface area contributed by atoms with E-state index in [1.165, 1.54) is 6.07 Å². The largest absolute Gasteiger partial charge is 0.453 e. The lowest BCUT2D eigenvalue weighted by atomic mass is 10.0. The van der Waals surface area contributed by atoms with Gasteiger partial charge in [0.1, 0.15) is 5.76 Å². The minimum absolute atomic E-state index is 0.0639. The molecule has 0 amide bonds.